The highest BCUT2D eigenvalue weighted by atomic mass is 16.3. The van der Waals surface area contributed by atoms with Gasteiger partial charge in [-0.2, -0.15) is 5.10 Å². The second kappa shape index (κ2) is 7.22. The van der Waals surface area contributed by atoms with Crippen LogP contribution in [0.1, 0.15) is 41.5 Å². The minimum absolute atomic E-state index is 0.171. The second-order valence-electron chi connectivity index (χ2n) is 5.54. The molecule has 0 bridgehead atoms. The first-order valence-electron chi connectivity index (χ1n) is 7.61. The number of aliphatic hydroxyl groups is 1. The van der Waals surface area contributed by atoms with Crippen molar-refractivity contribution in [3.8, 4) is 5.69 Å². The monoisotopic (exact) mass is 301 g/mol. The molecule has 2 N–H and O–H groups in total. The van der Waals surface area contributed by atoms with Crippen molar-refractivity contribution >= 4 is 5.91 Å². The van der Waals surface area contributed by atoms with Crippen molar-refractivity contribution in [2.45, 2.75) is 39.7 Å². The fraction of sp³-hybridized carbons (Fsp3) is 0.412. The van der Waals surface area contributed by atoms with Crippen LogP contribution in [0.15, 0.2) is 30.3 Å². The van der Waals surface area contributed by atoms with E-state index in [-0.39, 0.29) is 12.5 Å². The number of amides is 1. The number of aromatic nitrogens is 2. The molecule has 0 aliphatic rings. The SMILES string of the molecule is CCCC(O)CNC(=O)c1ccc(-n2nc(C)cc2C)cc1. The lowest BCUT2D eigenvalue weighted by atomic mass is 10.1. The maximum Gasteiger partial charge on any atom is 0.251 e. The van der Waals surface area contributed by atoms with Gasteiger partial charge in [0.15, 0.2) is 0 Å². The number of aliphatic hydroxyl groups excluding tert-OH is 1. The van der Waals surface area contributed by atoms with Crippen LogP contribution < -0.4 is 5.32 Å². The van der Waals surface area contributed by atoms with Gasteiger partial charge in [0.2, 0.25) is 0 Å². The van der Waals surface area contributed by atoms with Crippen LogP contribution >= 0.6 is 0 Å². The zero-order chi connectivity index (χ0) is 16.1. The van der Waals surface area contributed by atoms with Crippen LogP contribution in [0.3, 0.4) is 0 Å². The van der Waals surface area contributed by atoms with Gasteiger partial charge in [-0.05, 0) is 50.6 Å². The molecule has 5 nitrogen and oxygen atoms in total. The number of rotatable bonds is 6. The number of nitrogens with one attached hydrogen (secondary N) is 1. The quantitative estimate of drug-likeness (QED) is 0.861. The van der Waals surface area contributed by atoms with Gasteiger partial charge < -0.3 is 10.4 Å². The fourth-order valence-electron chi connectivity index (χ4n) is 2.39. The van der Waals surface area contributed by atoms with Crippen molar-refractivity contribution in [3.63, 3.8) is 0 Å². The number of benzene rings is 1. The van der Waals surface area contributed by atoms with Gasteiger partial charge in [0, 0.05) is 17.8 Å². The third-order valence-corrected chi connectivity index (χ3v) is 3.50. The zero-order valence-electron chi connectivity index (χ0n) is 13.3. The minimum Gasteiger partial charge on any atom is -0.391 e. The van der Waals surface area contributed by atoms with Crippen LogP contribution in [0.4, 0.5) is 0 Å². The smallest absolute Gasteiger partial charge is 0.251 e. The van der Waals surface area contributed by atoms with Gasteiger partial charge in [0.1, 0.15) is 0 Å². The number of nitrogens with zero attached hydrogens (tertiary/aromatic N) is 2. The number of carbonyl (C=O) groups is 1. The van der Waals surface area contributed by atoms with E-state index in [4.69, 9.17) is 0 Å². The van der Waals surface area contributed by atoms with Gasteiger partial charge >= 0.3 is 0 Å². The molecule has 1 unspecified atom stereocenters. The summed E-state index contributed by atoms with van der Waals surface area (Å²) in [7, 11) is 0. The Hall–Kier alpha value is -2.14. The summed E-state index contributed by atoms with van der Waals surface area (Å²) in [6.45, 7) is 6.23. The molecule has 0 spiro atoms. The molecule has 1 atom stereocenters. The van der Waals surface area contributed by atoms with Crippen LogP contribution in [-0.4, -0.2) is 33.4 Å². The van der Waals surface area contributed by atoms with Crippen LogP contribution in [0, 0.1) is 13.8 Å². The van der Waals surface area contributed by atoms with Crippen molar-refractivity contribution in [3.05, 3.63) is 47.3 Å². The average molecular weight is 301 g/mol. The molecule has 1 aromatic carbocycles. The lowest BCUT2D eigenvalue weighted by Gasteiger charge is -2.11. The largest absolute Gasteiger partial charge is 0.391 e. The number of aryl methyl sites for hydroxylation is 2. The molecule has 0 aliphatic heterocycles. The summed E-state index contributed by atoms with van der Waals surface area (Å²) >= 11 is 0. The molecule has 1 amide bonds. The highest BCUT2D eigenvalue weighted by Gasteiger charge is 2.09. The molecule has 0 saturated carbocycles. The first-order valence-corrected chi connectivity index (χ1v) is 7.61. The Kier molecular flexibility index (Phi) is 5.33. The van der Waals surface area contributed by atoms with Crippen molar-refractivity contribution in [2.24, 2.45) is 0 Å². The topological polar surface area (TPSA) is 67.2 Å². The Bertz CT molecular complexity index is 632. The summed E-state index contributed by atoms with van der Waals surface area (Å²) in [5.41, 5.74) is 3.52. The number of hydrogen-bond donors (Lipinski definition) is 2. The summed E-state index contributed by atoms with van der Waals surface area (Å²) in [4.78, 5) is 12.0. The van der Waals surface area contributed by atoms with Gasteiger partial charge in [-0.25, -0.2) is 4.68 Å². The molecule has 2 aromatic rings. The molecule has 0 aliphatic carbocycles. The molecule has 0 radical (unpaired) electrons. The minimum atomic E-state index is -0.483. The lowest BCUT2D eigenvalue weighted by Crippen LogP contribution is -2.31. The molecule has 2 rings (SSSR count). The number of hydrogen-bond acceptors (Lipinski definition) is 3. The van der Waals surface area contributed by atoms with E-state index >= 15 is 0 Å². The Labute approximate surface area is 131 Å². The first-order chi connectivity index (χ1) is 10.5. The molecular weight excluding hydrogens is 278 g/mol. The van der Waals surface area contributed by atoms with E-state index in [9.17, 15) is 9.90 Å². The predicted molar refractivity (Wildman–Crippen MR) is 86.3 cm³/mol. The average Bonchev–Trinajstić information content (AvgIpc) is 2.84. The van der Waals surface area contributed by atoms with E-state index in [1.165, 1.54) is 0 Å². The van der Waals surface area contributed by atoms with Gasteiger partial charge in [-0.1, -0.05) is 13.3 Å². The van der Waals surface area contributed by atoms with Gasteiger partial charge in [0.25, 0.3) is 5.91 Å². The summed E-state index contributed by atoms with van der Waals surface area (Å²) in [5, 5.41) is 16.8. The lowest BCUT2D eigenvalue weighted by molar-refractivity contribution is 0.0910. The normalized spacial score (nSPS) is 12.2. The molecule has 1 heterocycles. The van der Waals surface area contributed by atoms with E-state index in [1.807, 2.05) is 43.7 Å². The van der Waals surface area contributed by atoms with Crippen molar-refractivity contribution in [2.75, 3.05) is 6.54 Å². The fourth-order valence-corrected chi connectivity index (χ4v) is 2.39. The van der Waals surface area contributed by atoms with E-state index in [0.717, 1.165) is 23.5 Å². The Morgan fingerprint density at radius 2 is 2.00 bits per heavy atom. The zero-order valence-corrected chi connectivity index (χ0v) is 13.3. The van der Waals surface area contributed by atoms with E-state index in [2.05, 4.69) is 10.4 Å². The Morgan fingerprint density at radius 1 is 1.32 bits per heavy atom. The van der Waals surface area contributed by atoms with E-state index in [0.29, 0.717) is 12.0 Å². The third kappa shape index (κ3) is 3.95. The van der Waals surface area contributed by atoms with Gasteiger partial charge in [0.05, 0.1) is 17.5 Å². The van der Waals surface area contributed by atoms with Crippen LogP contribution in [0.5, 0.6) is 0 Å². The highest BCUT2D eigenvalue weighted by Crippen LogP contribution is 2.13. The van der Waals surface area contributed by atoms with Crippen LogP contribution in [-0.2, 0) is 0 Å². The molecule has 118 valence electrons. The standard InChI is InChI=1S/C17H23N3O2/c1-4-5-16(21)11-18-17(22)14-6-8-15(9-7-14)20-13(3)10-12(2)19-20/h6-10,16,21H,4-5,11H2,1-3H3,(H,18,22). The van der Waals surface area contributed by atoms with Crippen molar-refractivity contribution in [1.82, 2.24) is 15.1 Å². The van der Waals surface area contributed by atoms with Crippen molar-refractivity contribution in [1.29, 1.82) is 0 Å². The summed E-state index contributed by atoms with van der Waals surface area (Å²) in [5.74, 6) is -0.171. The Balaban J connectivity index is 2.02. The third-order valence-electron chi connectivity index (χ3n) is 3.50. The van der Waals surface area contributed by atoms with Crippen LogP contribution in [0.2, 0.25) is 0 Å². The Morgan fingerprint density at radius 3 is 2.55 bits per heavy atom. The van der Waals surface area contributed by atoms with E-state index in [1.54, 1.807) is 12.1 Å². The summed E-state index contributed by atoms with van der Waals surface area (Å²) in [6.07, 6.45) is 1.11. The summed E-state index contributed by atoms with van der Waals surface area (Å²) < 4.78 is 1.85. The maximum atomic E-state index is 12.0. The molecule has 0 fully saturated rings. The second-order valence-corrected chi connectivity index (χ2v) is 5.54. The van der Waals surface area contributed by atoms with Crippen LogP contribution in [0.25, 0.3) is 5.69 Å². The molecule has 0 saturated heterocycles. The maximum absolute atomic E-state index is 12.0. The summed E-state index contributed by atoms with van der Waals surface area (Å²) in [6, 6.07) is 9.30. The molecule has 5 heteroatoms. The van der Waals surface area contributed by atoms with Crippen molar-refractivity contribution < 1.29 is 9.90 Å². The first kappa shape index (κ1) is 16.2. The molecule has 1 aromatic heterocycles. The molecule has 22 heavy (non-hydrogen) atoms. The number of carbonyl (C=O) groups excluding carboxylic acids is 1. The predicted octanol–water partition coefficient (Wildman–Crippen LogP) is 2.38. The van der Waals surface area contributed by atoms with E-state index < -0.39 is 6.10 Å². The highest BCUT2D eigenvalue weighted by molar-refractivity contribution is 5.94. The van der Waals surface area contributed by atoms with Gasteiger partial charge in [-0.3, -0.25) is 4.79 Å². The molecular formula is C17H23N3O2. The van der Waals surface area contributed by atoms with Gasteiger partial charge in [-0.15, -0.1) is 0 Å².